The Morgan fingerprint density at radius 3 is 1.76 bits per heavy atom. The number of hydrogen-bond donors (Lipinski definition) is 0. The summed E-state index contributed by atoms with van der Waals surface area (Å²) in [5.74, 6) is 1.31. The van der Waals surface area contributed by atoms with Crippen molar-refractivity contribution in [3.8, 4) is 44.1 Å². The van der Waals surface area contributed by atoms with Gasteiger partial charge in [-0.15, -0.1) is 22.7 Å². The molecular weight excluding hydrogens is 795 g/mol. The topological polar surface area (TPSA) is 60.0 Å². The van der Waals surface area contributed by atoms with Crippen molar-refractivity contribution >= 4 is 55.9 Å². The molecule has 0 fully saturated rings. The van der Waals surface area contributed by atoms with Crippen LogP contribution in [0.2, 0.25) is 0 Å². The molecular formula is C56H45N3OS2. The molecule has 0 radical (unpaired) electrons. The molecule has 0 unspecified atom stereocenters. The summed E-state index contributed by atoms with van der Waals surface area (Å²) in [4.78, 5) is 5.93. The van der Waals surface area contributed by atoms with E-state index in [0.717, 1.165) is 21.9 Å². The van der Waals surface area contributed by atoms with Gasteiger partial charge in [-0.05, 0) is 129 Å². The van der Waals surface area contributed by atoms with Crippen LogP contribution in [0.5, 0.6) is 0 Å². The zero-order valence-corrected chi connectivity index (χ0v) is 37.6. The molecule has 0 spiro atoms. The van der Waals surface area contributed by atoms with Crippen molar-refractivity contribution in [1.29, 1.82) is 10.5 Å². The van der Waals surface area contributed by atoms with Crippen LogP contribution in [0.25, 0.3) is 48.2 Å². The number of allylic oxidation sites excluding steroid dienone is 6. The van der Waals surface area contributed by atoms with Crippen LogP contribution in [0, 0.1) is 28.1 Å². The van der Waals surface area contributed by atoms with Crippen molar-refractivity contribution in [2.24, 2.45) is 5.41 Å². The lowest BCUT2D eigenvalue weighted by molar-refractivity contribution is 0.223. The van der Waals surface area contributed by atoms with E-state index in [2.05, 4.69) is 175 Å². The van der Waals surface area contributed by atoms with Gasteiger partial charge in [0.1, 0.15) is 29.2 Å². The molecule has 10 rings (SSSR count). The van der Waals surface area contributed by atoms with Gasteiger partial charge in [0.15, 0.2) is 0 Å². The Morgan fingerprint density at radius 2 is 1.16 bits per heavy atom. The molecule has 3 aliphatic rings. The lowest BCUT2D eigenvalue weighted by Gasteiger charge is -2.29. The van der Waals surface area contributed by atoms with Crippen molar-refractivity contribution in [2.75, 3.05) is 4.90 Å². The molecule has 3 heterocycles. The van der Waals surface area contributed by atoms with E-state index in [0.29, 0.717) is 17.1 Å². The van der Waals surface area contributed by atoms with Gasteiger partial charge in [-0.2, -0.15) is 10.5 Å². The molecule has 0 bridgehead atoms. The van der Waals surface area contributed by atoms with Crippen LogP contribution in [-0.2, 0) is 15.6 Å². The Bertz CT molecular complexity index is 3110. The van der Waals surface area contributed by atoms with Crippen LogP contribution in [0.1, 0.15) is 75.6 Å². The van der Waals surface area contributed by atoms with Gasteiger partial charge in [0.25, 0.3) is 0 Å². The molecule has 5 aromatic carbocycles. The number of anilines is 3. The van der Waals surface area contributed by atoms with Crippen LogP contribution in [0.4, 0.5) is 17.1 Å². The summed E-state index contributed by atoms with van der Waals surface area (Å²) >= 11 is 3.54. The number of thiophene rings is 2. The maximum absolute atomic E-state index is 9.58. The van der Waals surface area contributed by atoms with Crippen LogP contribution < -0.4 is 4.90 Å². The van der Waals surface area contributed by atoms with Gasteiger partial charge in [0.05, 0.1) is 0 Å². The second-order valence-electron chi connectivity index (χ2n) is 18.5. The highest BCUT2D eigenvalue weighted by Gasteiger charge is 2.38. The Kier molecular flexibility index (Phi) is 9.20. The van der Waals surface area contributed by atoms with Gasteiger partial charge >= 0.3 is 0 Å². The van der Waals surface area contributed by atoms with E-state index in [-0.39, 0.29) is 21.8 Å². The summed E-state index contributed by atoms with van der Waals surface area (Å²) < 4.78 is 7.47. The van der Waals surface area contributed by atoms with Crippen molar-refractivity contribution < 1.29 is 4.74 Å². The molecule has 302 valence electrons. The third-order valence-corrected chi connectivity index (χ3v) is 15.1. The molecule has 0 saturated heterocycles. The Labute approximate surface area is 372 Å². The van der Waals surface area contributed by atoms with Crippen LogP contribution in [0.3, 0.4) is 0 Å². The minimum atomic E-state index is -0.294. The largest absolute Gasteiger partial charge is 0.461 e. The average Bonchev–Trinajstić information content (AvgIpc) is 4.02. The zero-order valence-electron chi connectivity index (χ0n) is 35.9. The number of nitriles is 2. The van der Waals surface area contributed by atoms with E-state index in [4.69, 9.17) is 4.74 Å². The molecule has 1 aliphatic heterocycles. The minimum absolute atomic E-state index is 0.0693. The fourth-order valence-electron chi connectivity index (χ4n) is 9.40. The lowest BCUT2D eigenvalue weighted by atomic mass is 9.82. The normalized spacial score (nSPS) is 15.5. The minimum Gasteiger partial charge on any atom is -0.461 e. The average molecular weight is 840 g/mol. The highest BCUT2D eigenvalue weighted by Crippen LogP contribution is 2.53. The summed E-state index contributed by atoms with van der Waals surface area (Å²) in [5, 5.41) is 20.4. The van der Waals surface area contributed by atoms with E-state index in [9.17, 15) is 10.5 Å². The smallest absolute Gasteiger partial charge is 0.137 e. The number of nitrogens with zero attached hydrogens (tertiary/aromatic N) is 3. The zero-order chi connectivity index (χ0) is 43.1. The number of benzene rings is 5. The molecule has 0 amide bonds. The summed E-state index contributed by atoms with van der Waals surface area (Å²) in [6.07, 6.45) is 7.52. The third kappa shape index (κ3) is 6.45. The standard InChI is InChI=1S/C56H45N3OS2/c1-54(2,3)53-28-35(36(32-57)33-58)26-40(60-53)20-21-41-22-25-50(61-41)52-27-34-16-17-39(31-51(34)62-52)59(37-18-23-44-42-12-8-10-14-46(42)55(4,5)48(44)29-37)38-19-24-45-43-13-9-11-15-47(43)56(6,7)49(45)30-38/h8-31H,1-7H3/b21-20+. The molecule has 2 aliphatic carbocycles. The van der Waals surface area contributed by atoms with E-state index >= 15 is 0 Å². The van der Waals surface area contributed by atoms with Gasteiger partial charge in [-0.3, -0.25) is 0 Å². The first kappa shape index (κ1) is 39.4. The number of rotatable bonds is 6. The van der Waals surface area contributed by atoms with Crippen LogP contribution >= 0.6 is 22.7 Å². The van der Waals surface area contributed by atoms with Gasteiger partial charge in [-0.1, -0.05) is 115 Å². The van der Waals surface area contributed by atoms with E-state index in [1.807, 2.05) is 35.6 Å². The fraction of sp³-hybridized carbons (Fsp3) is 0.179. The lowest BCUT2D eigenvalue weighted by Crippen LogP contribution is -2.18. The molecule has 4 nitrogen and oxygen atoms in total. The van der Waals surface area contributed by atoms with Crippen molar-refractivity contribution in [3.05, 3.63) is 189 Å². The Hall–Kier alpha value is -6.70. The molecule has 6 heteroatoms. The van der Waals surface area contributed by atoms with Crippen LogP contribution in [-0.4, -0.2) is 0 Å². The highest BCUT2D eigenvalue weighted by molar-refractivity contribution is 7.26. The fourth-order valence-corrected chi connectivity index (χ4v) is 11.5. The van der Waals surface area contributed by atoms with E-state index in [1.165, 1.54) is 64.3 Å². The molecule has 0 atom stereocenters. The summed E-state index contributed by atoms with van der Waals surface area (Å²) in [5.41, 5.74) is 14.2. The van der Waals surface area contributed by atoms with Gasteiger partial charge in [0, 0.05) is 58.2 Å². The van der Waals surface area contributed by atoms with Crippen molar-refractivity contribution in [2.45, 2.75) is 59.3 Å². The maximum atomic E-state index is 9.58. The predicted octanol–water partition coefficient (Wildman–Crippen LogP) is 15.9. The van der Waals surface area contributed by atoms with Gasteiger partial charge in [-0.25, -0.2) is 0 Å². The van der Waals surface area contributed by atoms with Gasteiger partial charge in [0.2, 0.25) is 0 Å². The van der Waals surface area contributed by atoms with Gasteiger partial charge < -0.3 is 9.64 Å². The summed E-state index contributed by atoms with van der Waals surface area (Å²) in [6.45, 7) is 15.6. The first-order valence-electron chi connectivity index (χ1n) is 21.0. The first-order valence-corrected chi connectivity index (χ1v) is 22.6. The van der Waals surface area contributed by atoms with Crippen molar-refractivity contribution in [1.82, 2.24) is 0 Å². The Balaban J connectivity index is 1.02. The molecule has 2 aromatic heterocycles. The van der Waals surface area contributed by atoms with E-state index in [1.54, 1.807) is 23.5 Å². The second-order valence-corrected chi connectivity index (χ2v) is 20.7. The maximum Gasteiger partial charge on any atom is 0.137 e. The number of ether oxygens (including phenoxy) is 1. The molecule has 62 heavy (non-hydrogen) atoms. The molecule has 7 aromatic rings. The SMILES string of the molecule is CC(C)(C)C1=CC(=C(C#N)C#N)C=C(/C=C/c2ccc(-c3cc4ccc(N(c5ccc6c(c5)C(C)(C)c5ccccc5-6)c5ccc6c(c5)C(C)(C)c5ccccc5-6)cc4s3)s2)O1. The summed E-state index contributed by atoms with van der Waals surface area (Å²) in [7, 11) is 0. The predicted molar refractivity (Wildman–Crippen MR) is 259 cm³/mol. The van der Waals surface area contributed by atoms with Crippen molar-refractivity contribution in [3.63, 3.8) is 0 Å². The van der Waals surface area contributed by atoms with E-state index < -0.39 is 0 Å². The first-order chi connectivity index (χ1) is 29.7. The molecule has 0 N–H and O–H groups in total. The van der Waals surface area contributed by atoms with Crippen LogP contribution in [0.15, 0.2) is 162 Å². The summed E-state index contributed by atoms with van der Waals surface area (Å²) in [6, 6.07) is 49.3. The monoisotopic (exact) mass is 839 g/mol. The second kappa shape index (κ2) is 14.5. The quantitative estimate of drug-likeness (QED) is 0.157. The number of fused-ring (bicyclic) bond motifs is 7. The Morgan fingerprint density at radius 1 is 0.597 bits per heavy atom. The highest BCUT2D eigenvalue weighted by atomic mass is 32.1. The molecule has 0 saturated carbocycles. The third-order valence-electron chi connectivity index (χ3n) is 12.8. The number of hydrogen-bond acceptors (Lipinski definition) is 6.